The van der Waals surface area contributed by atoms with Crippen LogP contribution in [0.15, 0.2) is 23.1 Å². The molecular formula is C10H13F2NS. The highest BCUT2D eigenvalue weighted by molar-refractivity contribution is 7.99. The Hall–Kier alpha value is -0.610. The van der Waals surface area contributed by atoms with Crippen LogP contribution in [-0.2, 0) is 0 Å². The standard InChI is InChI=1S/C10H13F2NS/c1-2-13-5-6-14-8-3-4-9(11)10(12)7-8/h3-4,7,13H,2,5-6H2,1H3. The van der Waals surface area contributed by atoms with Crippen LogP contribution < -0.4 is 5.32 Å². The molecule has 1 aromatic carbocycles. The second-order valence-corrected chi connectivity index (χ2v) is 3.95. The van der Waals surface area contributed by atoms with E-state index in [9.17, 15) is 8.78 Å². The Kier molecular flexibility index (Phi) is 4.90. The molecule has 0 bridgehead atoms. The summed E-state index contributed by atoms with van der Waals surface area (Å²) in [6, 6.07) is 3.98. The maximum Gasteiger partial charge on any atom is 0.159 e. The van der Waals surface area contributed by atoms with E-state index in [0.717, 1.165) is 29.8 Å². The van der Waals surface area contributed by atoms with Crippen LogP contribution in [0.2, 0.25) is 0 Å². The number of hydrogen-bond acceptors (Lipinski definition) is 2. The molecule has 0 atom stereocenters. The van der Waals surface area contributed by atoms with Crippen LogP contribution >= 0.6 is 11.8 Å². The van der Waals surface area contributed by atoms with Crippen LogP contribution in [0, 0.1) is 11.6 Å². The summed E-state index contributed by atoms with van der Waals surface area (Å²) in [5, 5.41) is 3.16. The topological polar surface area (TPSA) is 12.0 Å². The third-order valence-electron chi connectivity index (χ3n) is 1.69. The van der Waals surface area contributed by atoms with E-state index in [4.69, 9.17) is 0 Å². The quantitative estimate of drug-likeness (QED) is 0.601. The lowest BCUT2D eigenvalue weighted by molar-refractivity contribution is 0.506. The minimum absolute atomic E-state index is 0.766. The average molecular weight is 217 g/mol. The van der Waals surface area contributed by atoms with Gasteiger partial charge in [-0.25, -0.2) is 8.78 Å². The van der Waals surface area contributed by atoms with Crippen molar-refractivity contribution >= 4 is 11.8 Å². The maximum absolute atomic E-state index is 12.8. The SMILES string of the molecule is CCNCCSc1ccc(F)c(F)c1. The fourth-order valence-corrected chi connectivity index (χ4v) is 1.82. The number of halogens is 2. The van der Waals surface area contributed by atoms with E-state index in [1.807, 2.05) is 6.92 Å². The molecule has 0 fully saturated rings. The first-order chi connectivity index (χ1) is 6.74. The van der Waals surface area contributed by atoms with Gasteiger partial charge in [0.1, 0.15) is 0 Å². The number of benzene rings is 1. The summed E-state index contributed by atoms with van der Waals surface area (Å²) < 4.78 is 25.3. The normalized spacial score (nSPS) is 10.5. The predicted octanol–water partition coefficient (Wildman–Crippen LogP) is 2.67. The van der Waals surface area contributed by atoms with E-state index in [1.165, 1.54) is 17.8 Å². The highest BCUT2D eigenvalue weighted by atomic mass is 32.2. The van der Waals surface area contributed by atoms with Crippen molar-refractivity contribution in [1.29, 1.82) is 0 Å². The maximum atomic E-state index is 12.8. The molecule has 1 nitrogen and oxygen atoms in total. The average Bonchev–Trinajstić information content (AvgIpc) is 2.18. The van der Waals surface area contributed by atoms with Crippen molar-refractivity contribution in [1.82, 2.24) is 5.32 Å². The van der Waals surface area contributed by atoms with Crippen molar-refractivity contribution in [3.8, 4) is 0 Å². The molecule has 0 aliphatic heterocycles. The fourth-order valence-electron chi connectivity index (χ4n) is 0.984. The number of hydrogen-bond donors (Lipinski definition) is 1. The fraction of sp³-hybridized carbons (Fsp3) is 0.400. The Bertz CT molecular complexity index is 291. The molecule has 14 heavy (non-hydrogen) atoms. The van der Waals surface area contributed by atoms with E-state index in [0.29, 0.717) is 0 Å². The van der Waals surface area contributed by atoms with E-state index >= 15 is 0 Å². The zero-order valence-electron chi connectivity index (χ0n) is 8.02. The van der Waals surface area contributed by atoms with Crippen LogP contribution in [0.1, 0.15) is 6.92 Å². The van der Waals surface area contributed by atoms with Gasteiger partial charge in [0.05, 0.1) is 0 Å². The number of nitrogens with one attached hydrogen (secondary N) is 1. The zero-order chi connectivity index (χ0) is 10.4. The van der Waals surface area contributed by atoms with Gasteiger partial charge < -0.3 is 5.32 Å². The van der Waals surface area contributed by atoms with Crippen molar-refractivity contribution in [3.05, 3.63) is 29.8 Å². The highest BCUT2D eigenvalue weighted by Crippen LogP contribution is 2.19. The molecule has 0 radical (unpaired) electrons. The first kappa shape index (κ1) is 11.5. The lowest BCUT2D eigenvalue weighted by Gasteiger charge is -2.02. The lowest BCUT2D eigenvalue weighted by Crippen LogP contribution is -2.15. The molecule has 0 saturated heterocycles. The van der Waals surface area contributed by atoms with Gasteiger partial charge >= 0.3 is 0 Å². The van der Waals surface area contributed by atoms with Gasteiger partial charge in [-0.15, -0.1) is 11.8 Å². The first-order valence-corrected chi connectivity index (χ1v) is 5.51. The smallest absolute Gasteiger partial charge is 0.159 e. The van der Waals surface area contributed by atoms with Crippen LogP contribution in [0.4, 0.5) is 8.78 Å². The zero-order valence-corrected chi connectivity index (χ0v) is 8.83. The third kappa shape index (κ3) is 3.64. The van der Waals surface area contributed by atoms with Crippen molar-refractivity contribution in [2.75, 3.05) is 18.8 Å². The highest BCUT2D eigenvalue weighted by Gasteiger charge is 2.02. The van der Waals surface area contributed by atoms with Gasteiger partial charge in [0.25, 0.3) is 0 Å². The van der Waals surface area contributed by atoms with Gasteiger partial charge in [-0.1, -0.05) is 6.92 Å². The summed E-state index contributed by atoms with van der Waals surface area (Å²) in [6.07, 6.45) is 0. The molecule has 0 heterocycles. The molecule has 0 aliphatic rings. The third-order valence-corrected chi connectivity index (χ3v) is 2.68. The van der Waals surface area contributed by atoms with Crippen LogP contribution in [0.3, 0.4) is 0 Å². The summed E-state index contributed by atoms with van der Waals surface area (Å²) in [4.78, 5) is 0.766. The van der Waals surface area contributed by atoms with Gasteiger partial charge in [0.2, 0.25) is 0 Å². The summed E-state index contributed by atoms with van der Waals surface area (Å²) in [5.74, 6) is -0.710. The van der Waals surface area contributed by atoms with E-state index in [2.05, 4.69) is 5.32 Å². The molecule has 78 valence electrons. The lowest BCUT2D eigenvalue weighted by atomic mass is 10.3. The summed E-state index contributed by atoms with van der Waals surface area (Å²) >= 11 is 1.51. The minimum atomic E-state index is -0.791. The Labute approximate surface area is 86.9 Å². The molecule has 0 aliphatic carbocycles. The second-order valence-electron chi connectivity index (χ2n) is 2.78. The van der Waals surface area contributed by atoms with Crippen LogP contribution in [0.25, 0.3) is 0 Å². The molecule has 0 spiro atoms. The van der Waals surface area contributed by atoms with Gasteiger partial charge in [-0.2, -0.15) is 0 Å². The van der Waals surface area contributed by atoms with Gasteiger partial charge in [0.15, 0.2) is 11.6 Å². The first-order valence-electron chi connectivity index (χ1n) is 4.52. The largest absolute Gasteiger partial charge is 0.316 e. The number of rotatable bonds is 5. The van der Waals surface area contributed by atoms with Crippen molar-refractivity contribution in [2.45, 2.75) is 11.8 Å². The van der Waals surface area contributed by atoms with E-state index in [-0.39, 0.29) is 0 Å². The minimum Gasteiger partial charge on any atom is -0.316 e. The molecule has 0 aromatic heterocycles. The molecule has 1 N–H and O–H groups in total. The summed E-state index contributed by atoms with van der Waals surface area (Å²) in [6.45, 7) is 3.83. The van der Waals surface area contributed by atoms with Crippen LogP contribution in [-0.4, -0.2) is 18.8 Å². The second kappa shape index (κ2) is 5.98. The van der Waals surface area contributed by atoms with Crippen molar-refractivity contribution in [2.24, 2.45) is 0 Å². The monoisotopic (exact) mass is 217 g/mol. The van der Waals surface area contributed by atoms with Gasteiger partial charge in [0, 0.05) is 17.2 Å². The summed E-state index contributed by atoms with van der Waals surface area (Å²) in [5.41, 5.74) is 0. The number of thioether (sulfide) groups is 1. The predicted molar refractivity (Wildman–Crippen MR) is 55.6 cm³/mol. The molecule has 4 heteroatoms. The Morgan fingerprint density at radius 3 is 2.71 bits per heavy atom. The van der Waals surface area contributed by atoms with Crippen LogP contribution in [0.5, 0.6) is 0 Å². The molecule has 1 rings (SSSR count). The van der Waals surface area contributed by atoms with Crippen molar-refractivity contribution in [3.63, 3.8) is 0 Å². The Balaban J connectivity index is 2.39. The van der Waals surface area contributed by atoms with E-state index < -0.39 is 11.6 Å². The molecule has 0 unspecified atom stereocenters. The molecular weight excluding hydrogens is 204 g/mol. The molecule has 0 amide bonds. The Morgan fingerprint density at radius 1 is 1.29 bits per heavy atom. The summed E-state index contributed by atoms with van der Waals surface area (Å²) in [7, 11) is 0. The van der Waals surface area contributed by atoms with E-state index in [1.54, 1.807) is 6.07 Å². The molecule has 0 saturated carbocycles. The van der Waals surface area contributed by atoms with Gasteiger partial charge in [-0.3, -0.25) is 0 Å². The van der Waals surface area contributed by atoms with Crippen molar-refractivity contribution < 1.29 is 8.78 Å². The Morgan fingerprint density at radius 2 is 2.07 bits per heavy atom. The van der Waals surface area contributed by atoms with Gasteiger partial charge in [-0.05, 0) is 24.7 Å². The molecule has 1 aromatic rings.